The van der Waals surface area contributed by atoms with E-state index in [-0.39, 0.29) is 12.0 Å². The van der Waals surface area contributed by atoms with Crippen molar-refractivity contribution in [2.75, 3.05) is 26.7 Å². The smallest absolute Gasteiger partial charge is 0.225 e. The van der Waals surface area contributed by atoms with E-state index in [0.717, 1.165) is 67.5 Å². The van der Waals surface area contributed by atoms with Gasteiger partial charge in [-0.05, 0) is 19.3 Å². The summed E-state index contributed by atoms with van der Waals surface area (Å²) in [5, 5.41) is 10.1. The molecule has 1 aliphatic heterocycles. The molecule has 166 valence electrons. The highest BCUT2D eigenvalue weighted by molar-refractivity contribution is 7.13. The number of guanidine groups is 1. The van der Waals surface area contributed by atoms with Crippen LogP contribution in [0.15, 0.2) is 40.7 Å². The summed E-state index contributed by atoms with van der Waals surface area (Å²) in [6.07, 6.45) is 7.65. The Hall–Kier alpha value is -2.41. The fourth-order valence-electron chi connectivity index (χ4n) is 4.52. The molecule has 1 saturated heterocycles. The minimum atomic E-state index is 0.254. The monoisotopic (exact) mass is 439 g/mol. The third-order valence-corrected chi connectivity index (χ3v) is 7.21. The van der Waals surface area contributed by atoms with Gasteiger partial charge in [0.25, 0.3) is 0 Å². The highest BCUT2D eigenvalue weighted by Gasteiger charge is 2.31. The molecule has 4 rings (SSSR count). The van der Waals surface area contributed by atoms with Crippen molar-refractivity contribution in [2.24, 2.45) is 10.9 Å². The number of thiazole rings is 1. The largest absolute Gasteiger partial charge is 0.356 e. The first-order chi connectivity index (χ1) is 15.2. The summed E-state index contributed by atoms with van der Waals surface area (Å²) in [6, 6.07) is 10.6. The molecule has 2 N–H and O–H groups in total. The number of carbonyl (C=O) groups excluding carboxylic acids is 1. The number of benzene rings is 1. The number of likely N-dealkylation sites (tertiary alicyclic amines) is 1. The van der Waals surface area contributed by atoms with Gasteiger partial charge < -0.3 is 15.5 Å². The molecule has 1 amide bonds. The summed E-state index contributed by atoms with van der Waals surface area (Å²) in [5.74, 6) is 1.42. The van der Waals surface area contributed by atoms with E-state index in [0.29, 0.717) is 5.91 Å². The van der Waals surface area contributed by atoms with Gasteiger partial charge in [0.2, 0.25) is 5.91 Å². The van der Waals surface area contributed by atoms with E-state index in [9.17, 15) is 4.79 Å². The number of nitrogens with one attached hydrogen (secondary N) is 2. The van der Waals surface area contributed by atoms with Crippen LogP contribution in [0.4, 0.5) is 0 Å². The minimum absolute atomic E-state index is 0.254. The van der Waals surface area contributed by atoms with Crippen LogP contribution in [0.3, 0.4) is 0 Å². The van der Waals surface area contributed by atoms with Crippen LogP contribution >= 0.6 is 11.3 Å². The molecule has 1 aliphatic carbocycles. The molecule has 0 radical (unpaired) electrons. The Morgan fingerprint density at radius 1 is 1.19 bits per heavy atom. The van der Waals surface area contributed by atoms with Crippen molar-refractivity contribution in [2.45, 2.75) is 51.0 Å². The third-order valence-electron chi connectivity index (χ3n) is 6.26. The van der Waals surface area contributed by atoms with Crippen molar-refractivity contribution >= 4 is 23.2 Å². The average molecular weight is 440 g/mol. The van der Waals surface area contributed by atoms with E-state index in [1.54, 1.807) is 18.4 Å². The lowest BCUT2D eigenvalue weighted by Crippen LogP contribution is -2.46. The zero-order valence-corrected chi connectivity index (χ0v) is 19.2. The van der Waals surface area contributed by atoms with Crippen LogP contribution in [0.1, 0.15) is 44.2 Å². The Bertz CT molecular complexity index is 875. The quantitative estimate of drug-likeness (QED) is 0.532. The number of aromatic nitrogens is 1. The van der Waals surface area contributed by atoms with E-state index in [1.807, 2.05) is 18.2 Å². The molecule has 31 heavy (non-hydrogen) atoms. The Morgan fingerprint density at radius 2 is 2.00 bits per heavy atom. The molecule has 1 aromatic carbocycles. The number of rotatable bonds is 6. The van der Waals surface area contributed by atoms with Crippen molar-refractivity contribution in [3.05, 3.63) is 41.4 Å². The maximum absolute atomic E-state index is 12.8. The average Bonchev–Trinajstić information content (AvgIpc) is 3.49. The Balaban J connectivity index is 1.21. The highest BCUT2D eigenvalue weighted by Crippen LogP contribution is 2.27. The van der Waals surface area contributed by atoms with E-state index in [4.69, 9.17) is 4.98 Å². The normalized spacial score (nSPS) is 20.1. The second-order valence-corrected chi connectivity index (χ2v) is 9.37. The van der Waals surface area contributed by atoms with E-state index in [2.05, 4.69) is 38.0 Å². The van der Waals surface area contributed by atoms with Gasteiger partial charge in [-0.25, -0.2) is 4.98 Å². The number of carbonyl (C=O) groups is 1. The van der Waals surface area contributed by atoms with Gasteiger partial charge in [0, 0.05) is 56.0 Å². The van der Waals surface area contributed by atoms with Crippen LogP contribution < -0.4 is 10.6 Å². The van der Waals surface area contributed by atoms with Crippen molar-refractivity contribution in [1.29, 1.82) is 0 Å². The number of hydrogen-bond donors (Lipinski definition) is 2. The van der Waals surface area contributed by atoms with Crippen molar-refractivity contribution in [3.8, 4) is 10.6 Å². The molecule has 2 aliphatic rings. The zero-order chi connectivity index (χ0) is 21.5. The minimum Gasteiger partial charge on any atom is -0.356 e. The fraction of sp³-hybridized carbons (Fsp3) is 0.542. The van der Waals surface area contributed by atoms with Crippen LogP contribution in [-0.4, -0.2) is 54.5 Å². The van der Waals surface area contributed by atoms with E-state index in [1.165, 1.54) is 19.3 Å². The molecule has 2 fully saturated rings. The van der Waals surface area contributed by atoms with Crippen molar-refractivity contribution in [1.82, 2.24) is 20.5 Å². The lowest BCUT2D eigenvalue weighted by molar-refractivity contribution is -0.135. The Morgan fingerprint density at radius 3 is 2.77 bits per heavy atom. The lowest BCUT2D eigenvalue weighted by atomic mass is 9.88. The van der Waals surface area contributed by atoms with Gasteiger partial charge in [0.1, 0.15) is 5.01 Å². The summed E-state index contributed by atoms with van der Waals surface area (Å²) in [4.78, 5) is 24.0. The summed E-state index contributed by atoms with van der Waals surface area (Å²) in [6.45, 7) is 2.41. The summed E-state index contributed by atoms with van der Waals surface area (Å²) < 4.78 is 0. The zero-order valence-electron chi connectivity index (χ0n) is 18.3. The van der Waals surface area contributed by atoms with Gasteiger partial charge in [-0.2, -0.15) is 0 Å². The lowest BCUT2D eigenvalue weighted by Gasteiger charge is -2.26. The van der Waals surface area contributed by atoms with Crippen molar-refractivity contribution in [3.63, 3.8) is 0 Å². The summed E-state index contributed by atoms with van der Waals surface area (Å²) in [5.41, 5.74) is 2.26. The number of nitrogens with zero attached hydrogens (tertiary/aromatic N) is 3. The molecule has 0 bridgehead atoms. The second kappa shape index (κ2) is 10.8. The fourth-order valence-corrected chi connectivity index (χ4v) is 5.38. The molecular formula is C24H33N5OS. The molecule has 1 aromatic heterocycles. The predicted octanol–water partition coefficient (Wildman–Crippen LogP) is 3.70. The van der Waals surface area contributed by atoms with E-state index < -0.39 is 0 Å². The van der Waals surface area contributed by atoms with Crippen molar-refractivity contribution < 1.29 is 4.79 Å². The molecule has 1 saturated carbocycles. The van der Waals surface area contributed by atoms with Gasteiger partial charge in [-0.1, -0.05) is 49.6 Å². The number of amides is 1. The Kier molecular flexibility index (Phi) is 7.57. The first kappa shape index (κ1) is 21.8. The first-order valence-electron chi connectivity index (χ1n) is 11.5. The molecule has 6 nitrogen and oxygen atoms in total. The maximum Gasteiger partial charge on any atom is 0.225 e. The highest BCUT2D eigenvalue weighted by atomic mass is 32.1. The van der Waals surface area contributed by atoms with Gasteiger partial charge in [0.15, 0.2) is 5.96 Å². The van der Waals surface area contributed by atoms with Gasteiger partial charge >= 0.3 is 0 Å². The maximum atomic E-state index is 12.8. The van der Waals surface area contributed by atoms with Crippen LogP contribution in [0.25, 0.3) is 10.6 Å². The Labute approximate surface area is 189 Å². The predicted molar refractivity (Wildman–Crippen MR) is 127 cm³/mol. The van der Waals surface area contributed by atoms with Gasteiger partial charge in [-0.15, -0.1) is 11.3 Å². The van der Waals surface area contributed by atoms with Crippen LogP contribution in [-0.2, 0) is 11.2 Å². The summed E-state index contributed by atoms with van der Waals surface area (Å²) >= 11 is 1.69. The topological polar surface area (TPSA) is 69.6 Å². The van der Waals surface area contributed by atoms with Gasteiger partial charge in [0.05, 0.1) is 5.69 Å². The molecule has 0 spiro atoms. The SMILES string of the molecule is CN=C(NCCc1csc(-c2ccccc2)n1)NC1CCN(C(=O)C2CCCCC2)C1. The summed E-state index contributed by atoms with van der Waals surface area (Å²) in [7, 11) is 1.80. The standard InChI is InChI=1S/C24H33N5OS/c1-25-24(26-14-12-21-17-31-22(27-21)18-8-4-2-5-9-18)28-20-13-15-29(16-20)23(30)19-10-6-3-7-11-19/h2,4-5,8-9,17,19-20H,3,6-7,10-16H2,1H3,(H2,25,26,28). The first-order valence-corrected chi connectivity index (χ1v) is 12.4. The molecule has 7 heteroatoms. The molecule has 2 heterocycles. The molecular weight excluding hydrogens is 406 g/mol. The third kappa shape index (κ3) is 5.85. The van der Waals surface area contributed by atoms with Crippen LogP contribution in [0, 0.1) is 5.92 Å². The number of aliphatic imine (C=N–C) groups is 1. The number of hydrogen-bond acceptors (Lipinski definition) is 4. The van der Waals surface area contributed by atoms with Crippen LogP contribution in [0.2, 0.25) is 0 Å². The molecule has 2 aromatic rings. The molecule has 1 unspecified atom stereocenters. The van der Waals surface area contributed by atoms with Crippen LogP contribution in [0.5, 0.6) is 0 Å². The molecule has 1 atom stereocenters. The van der Waals surface area contributed by atoms with E-state index >= 15 is 0 Å². The second-order valence-electron chi connectivity index (χ2n) is 8.51. The van der Waals surface area contributed by atoms with Gasteiger partial charge in [-0.3, -0.25) is 9.79 Å².